The summed E-state index contributed by atoms with van der Waals surface area (Å²) >= 11 is 10.0. The van der Waals surface area contributed by atoms with Crippen molar-refractivity contribution in [3.63, 3.8) is 0 Å². The molecule has 2 aromatic carbocycles. The molecule has 160 valence electrons. The highest BCUT2D eigenvalue weighted by molar-refractivity contribution is 8.26. The number of thiophene rings is 1. The highest BCUT2D eigenvalue weighted by Crippen LogP contribution is 2.48. The van der Waals surface area contributed by atoms with Crippen molar-refractivity contribution in [1.82, 2.24) is 4.90 Å². The average molecular weight is 495 g/mol. The maximum Gasteiger partial charge on any atom is 0.266 e. The molecule has 1 saturated heterocycles. The van der Waals surface area contributed by atoms with Crippen LogP contribution in [-0.2, 0) is 9.59 Å². The number of rotatable bonds is 5. The van der Waals surface area contributed by atoms with Crippen molar-refractivity contribution in [2.24, 2.45) is 0 Å². The topological polar surface area (TPSA) is 40.6 Å². The Morgan fingerprint density at radius 3 is 2.28 bits per heavy atom. The first-order chi connectivity index (χ1) is 15.6. The van der Waals surface area contributed by atoms with Crippen LogP contribution in [0.3, 0.4) is 0 Å². The lowest BCUT2D eigenvalue weighted by Gasteiger charge is -2.31. The number of para-hydroxylation sites is 2. The van der Waals surface area contributed by atoms with E-state index in [0.717, 1.165) is 26.0 Å². The van der Waals surface area contributed by atoms with Crippen LogP contribution in [0.4, 0.5) is 11.4 Å². The number of hydrogen-bond donors (Lipinski definition) is 0. The fraction of sp³-hybridized carbons (Fsp3) is 0.125. The zero-order chi connectivity index (χ0) is 22.1. The van der Waals surface area contributed by atoms with E-state index in [1.807, 2.05) is 77.0 Å². The van der Waals surface area contributed by atoms with Crippen LogP contribution in [0.15, 0.2) is 80.7 Å². The summed E-state index contributed by atoms with van der Waals surface area (Å²) in [5.41, 5.74) is 1.82. The molecule has 32 heavy (non-hydrogen) atoms. The monoisotopic (exact) mass is 494 g/mol. The number of benzene rings is 2. The number of thioether (sulfide) groups is 1. The second kappa shape index (κ2) is 9.23. The maximum absolute atomic E-state index is 13.3. The zero-order valence-corrected chi connectivity index (χ0v) is 20.2. The molecular formula is C24H18N2O2S4. The molecule has 1 fully saturated rings. The van der Waals surface area contributed by atoms with Gasteiger partial charge in [0.15, 0.2) is 0 Å². The van der Waals surface area contributed by atoms with Gasteiger partial charge in [-0.25, -0.2) is 0 Å². The fourth-order valence-corrected chi connectivity index (χ4v) is 6.76. The van der Waals surface area contributed by atoms with Crippen molar-refractivity contribution in [3.8, 4) is 0 Å². The predicted molar refractivity (Wildman–Crippen MR) is 138 cm³/mol. The van der Waals surface area contributed by atoms with Gasteiger partial charge < -0.3 is 0 Å². The first-order valence-corrected chi connectivity index (χ1v) is 13.0. The first kappa shape index (κ1) is 21.5. The summed E-state index contributed by atoms with van der Waals surface area (Å²) in [6.45, 7) is 0.435. The molecule has 2 amide bonds. The third-order valence-corrected chi connectivity index (χ3v) is 8.47. The van der Waals surface area contributed by atoms with Crippen LogP contribution in [0, 0.1) is 0 Å². The molecule has 2 aliphatic heterocycles. The summed E-state index contributed by atoms with van der Waals surface area (Å²) in [4.78, 5) is 33.3. The van der Waals surface area contributed by atoms with E-state index in [1.165, 1.54) is 11.8 Å². The van der Waals surface area contributed by atoms with Gasteiger partial charge in [0, 0.05) is 27.6 Å². The molecular weight excluding hydrogens is 477 g/mol. The van der Waals surface area contributed by atoms with Gasteiger partial charge in [-0.1, -0.05) is 66.1 Å². The Labute approximate surface area is 204 Å². The quantitative estimate of drug-likeness (QED) is 0.297. The normalized spacial score (nSPS) is 16.4. The lowest BCUT2D eigenvalue weighted by molar-refractivity contribution is -0.123. The van der Waals surface area contributed by atoms with Crippen molar-refractivity contribution < 1.29 is 9.59 Å². The Hall–Kier alpha value is -2.39. The van der Waals surface area contributed by atoms with E-state index < -0.39 is 0 Å². The van der Waals surface area contributed by atoms with Gasteiger partial charge in [-0.15, -0.1) is 11.3 Å². The number of carbonyl (C=O) groups is 2. The van der Waals surface area contributed by atoms with Gasteiger partial charge >= 0.3 is 0 Å². The Morgan fingerprint density at radius 2 is 1.62 bits per heavy atom. The molecule has 0 bridgehead atoms. The minimum atomic E-state index is -0.0779. The number of carbonyl (C=O) groups excluding carboxylic acids is 2. The van der Waals surface area contributed by atoms with Gasteiger partial charge in [0.2, 0.25) is 5.91 Å². The van der Waals surface area contributed by atoms with Gasteiger partial charge in [0.05, 0.1) is 16.3 Å². The van der Waals surface area contributed by atoms with E-state index in [2.05, 4.69) is 0 Å². The Morgan fingerprint density at radius 1 is 0.938 bits per heavy atom. The summed E-state index contributed by atoms with van der Waals surface area (Å²) in [5.74, 6) is -0.0596. The van der Waals surface area contributed by atoms with Crippen LogP contribution in [-0.4, -0.2) is 27.6 Å². The van der Waals surface area contributed by atoms with Crippen LogP contribution < -0.4 is 4.90 Å². The summed E-state index contributed by atoms with van der Waals surface area (Å²) in [6.07, 6.45) is 2.76. The van der Waals surface area contributed by atoms with E-state index >= 15 is 0 Å². The van der Waals surface area contributed by atoms with E-state index in [0.29, 0.717) is 28.6 Å². The summed E-state index contributed by atoms with van der Waals surface area (Å²) < 4.78 is 0.551. The van der Waals surface area contributed by atoms with Gasteiger partial charge in [0.1, 0.15) is 4.32 Å². The molecule has 1 aromatic heterocycles. The van der Waals surface area contributed by atoms with Crippen molar-refractivity contribution >= 4 is 80.7 Å². The Bertz CT molecular complexity index is 1190. The standard InChI is InChI=1S/C24H18N2O2S4/c27-22(26-17-8-1-3-10-19(17)31-20-11-4-2-9-18(20)26)12-5-13-25-23(28)21(32-24(25)29)15-16-7-6-14-30-16/h1-4,6-11,14-15H,5,12-13H2/b21-15-. The molecule has 0 unspecified atom stereocenters. The molecule has 4 nitrogen and oxygen atoms in total. The van der Waals surface area contributed by atoms with Gasteiger partial charge in [-0.2, -0.15) is 0 Å². The van der Waals surface area contributed by atoms with E-state index in [-0.39, 0.29) is 11.8 Å². The lowest BCUT2D eigenvalue weighted by Crippen LogP contribution is -2.32. The summed E-state index contributed by atoms with van der Waals surface area (Å²) in [6, 6.07) is 19.8. The van der Waals surface area contributed by atoms with Gasteiger partial charge in [-0.05, 0) is 48.2 Å². The number of fused-ring (bicyclic) bond motifs is 2. The summed E-state index contributed by atoms with van der Waals surface area (Å²) in [7, 11) is 0. The molecule has 0 aliphatic carbocycles. The highest BCUT2D eigenvalue weighted by Gasteiger charge is 2.32. The lowest BCUT2D eigenvalue weighted by atomic mass is 10.2. The van der Waals surface area contributed by atoms with Gasteiger partial charge in [0.25, 0.3) is 5.91 Å². The average Bonchev–Trinajstić information content (AvgIpc) is 3.41. The Balaban J connectivity index is 1.28. The third-order valence-electron chi connectivity index (χ3n) is 5.14. The fourth-order valence-electron chi connectivity index (χ4n) is 3.67. The van der Waals surface area contributed by atoms with E-state index in [1.54, 1.807) is 28.0 Å². The molecule has 0 atom stereocenters. The zero-order valence-electron chi connectivity index (χ0n) is 16.9. The summed E-state index contributed by atoms with van der Waals surface area (Å²) in [5, 5.41) is 1.98. The van der Waals surface area contributed by atoms with Crippen LogP contribution in [0.25, 0.3) is 6.08 Å². The van der Waals surface area contributed by atoms with Crippen molar-refractivity contribution in [2.75, 3.05) is 11.4 Å². The second-order valence-corrected chi connectivity index (χ2v) is 11.0. The number of thiocarbonyl (C=S) groups is 1. The Kier molecular flexibility index (Phi) is 6.19. The van der Waals surface area contributed by atoms with E-state index in [4.69, 9.17) is 12.2 Å². The molecule has 0 saturated carbocycles. The van der Waals surface area contributed by atoms with Crippen LogP contribution in [0.2, 0.25) is 0 Å². The third kappa shape index (κ3) is 4.15. The minimum absolute atomic E-state index is 0.0183. The molecule has 0 spiro atoms. The molecule has 3 aromatic rings. The van der Waals surface area contributed by atoms with Crippen LogP contribution in [0.1, 0.15) is 17.7 Å². The SMILES string of the molecule is O=C1/C(=C/c2cccs2)SC(=S)N1CCCC(=O)N1c2ccccc2Sc2ccccc21. The maximum atomic E-state index is 13.3. The highest BCUT2D eigenvalue weighted by atomic mass is 32.2. The minimum Gasteiger partial charge on any atom is -0.293 e. The number of anilines is 2. The smallest absolute Gasteiger partial charge is 0.266 e. The molecule has 0 radical (unpaired) electrons. The second-order valence-electron chi connectivity index (χ2n) is 7.22. The first-order valence-electron chi connectivity index (χ1n) is 10.1. The molecule has 8 heteroatoms. The van der Waals surface area contributed by atoms with Crippen LogP contribution in [0.5, 0.6) is 0 Å². The van der Waals surface area contributed by atoms with Crippen molar-refractivity contribution in [3.05, 3.63) is 75.8 Å². The molecule has 2 aliphatic rings. The van der Waals surface area contributed by atoms with Crippen LogP contribution >= 0.6 is 47.1 Å². The van der Waals surface area contributed by atoms with Crippen molar-refractivity contribution in [2.45, 2.75) is 22.6 Å². The van der Waals surface area contributed by atoms with Gasteiger partial charge in [-0.3, -0.25) is 19.4 Å². The molecule has 5 rings (SSSR count). The predicted octanol–water partition coefficient (Wildman–Crippen LogP) is 6.56. The molecule has 3 heterocycles. The number of hydrogen-bond acceptors (Lipinski definition) is 6. The largest absolute Gasteiger partial charge is 0.293 e. The van der Waals surface area contributed by atoms with E-state index in [9.17, 15) is 9.59 Å². The number of amides is 2. The number of nitrogens with zero attached hydrogens (tertiary/aromatic N) is 2. The molecule has 0 N–H and O–H groups in total. The van der Waals surface area contributed by atoms with Crippen molar-refractivity contribution in [1.29, 1.82) is 0 Å².